The van der Waals surface area contributed by atoms with Crippen LogP contribution in [0.25, 0.3) is 0 Å². The van der Waals surface area contributed by atoms with E-state index >= 15 is 0 Å². The Labute approximate surface area is 241 Å². The van der Waals surface area contributed by atoms with Gasteiger partial charge in [-0.25, -0.2) is 18.6 Å². The molecular weight excluding hydrogens is 546 g/mol. The number of carboxylic acid groups (broad SMARTS) is 1. The Hall–Kier alpha value is -3.56. The second kappa shape index (κ2) is 12.1. The maximum Gasteiger partial charge on any atom is 0.337 e. The first-order valence-electron chi connectivity index (χ1n) is 13.7. The van der Waals surface area contributed by atoms with Crippen LogP contribution in [0, 0.1) is 11.8 Å². The summed E-state index contributed by atoms with van der Waals surface area (Å²) in [5.41, 5.74) is 1.60. The molecule has 0 saturated heterocycles. The van der Waals surface area contributed by atoms with Crippen molar-refractivity contribution in [2.75, 3.05) is 18.2 Å². The number of aliphatic imine (C=N–C) groups is 1. The second-order valence-corrected chi connectivity index (χ2v) is 12.9. The zero-order valence-electron chi connectivity index (χ0n) is 23.1. The number of nitrogens with one attached hydrogen (secondary N) is 1. The van der Waals surface area contributed by atoms with Crippen molar-refractivity contribution in [3.05, 3.63) is 89.0 Å². The van der Waals surface area contributed by atoms with Gasteiger partial charge in [-0.1, -0.05) is 42.5 Å². The Balaban J connectivity index is 1.25. The number of carboxylic acids is 1. The highest BCUT2D eigenvalue weighted by atomic mass is 32.2. The average molecular weight is 581 g/mol. The van der Waals surface area contributed by atoms with Crippen molar-refractivity contribution >= 4 is 39.2 Å². The number of fused-ring (bicyclic) bond motifs is 1. The molecule has 1 fully saturated rings. The number of amides is 1. The summed E-state index contributed by atoms with van der Waals surface area (Å²) in [5.74, 6) is -4.11. The van der Waals surface area contributed by atoms with E-state index in [1.807, 2.05) is 18.2 Å². The molecule has 1 aliphatic heterocycles. The molecule has 3 aromatic carbocycles. The van der Waals surface area contributed by atoms with Crippen LogP contribution in [-0.4, -0.2) is 34.9 Å². The van der Waals surface area contributed by atoms with Gasteiger partial charge in [-0.05, 0) is 67.7 Å². The lowest BCUT2D eigenvalue weighted by atomic mass is 9.83. The van der Waals surface area contributed by atoms with Gasteiger partial charge in [0.2, 0.25) is 0 Å². The molecule has 1 saturated carbocycles. The molecule has 0 aromatic heterocycles. The van der Waals surface area contributed by atoms with Crippen molar-refractivity contribution in [1.29, 1.82) is 0 Å². The summed E-state index contributed by atoms with van der Waals surface area (Å²) < 4.78 is 33.6. The number of anilines is 1. The Morgan fingerprint density at radius 2 is 1.78 bits per heavy atom. The number of halogens is 2. The molecule has 0 spiro atoms. The Bertz CT molecular complexity index is 1460. The molecule has 2 aliphatic rings. The van der Waals surface area contributed by atoms with E-state index in [1.54, 1.807) is 6.07 Å². The fraction of sp³-hybridized carbons (Fsp3) is 0.344. The van der Waals surface area contributed by atoms with Gasteiger partial charge in [-0.2, -0.15) is 10.9 Å². The van der Waals surface area contributed by atoms with Crippen LogP contribution in [0.1, 0.15) is 64.4 Å². The van der Waals surface area contributed by atoms with E-state index in [2.05, 4.69) is 23.7 Å². The van der Waals surface area contributed by atoms with Gasteiger partial charge in [-0.3, -0.25) is 4.79 Å². The summed E-state index contributed by atoms with van der Waals surface area (Å²) in [6.07, 6.45) is 6.23. The number of alkyl halides is 2. The van der Waals surface area contributed by atoms with Gasteiger partial charge in [0, 0.05) is 35.5 Å². The highest BCUT2D eigenvalue weighted by Crippen LogP contribution is 2.53. The van der Waals surface area contributed by atoms with Crippen molar-refractivity contribution in [2.45, 2.75) is 50.0 Å². The number of carbonyl (C=O) groups is 2. The fourth-order valence-electron chi connectivity index (χ4n) is 5.54. The maximum absolute atomic E-state index is 13.8. The van der Waals surface area contributed by atoms with E-state index in [9.17, 15) is 23.5 Å². The number of aromatic carboxylic acids is 1. The summed E-state index contributed by atoms with van der Waals surface area (Å²) in [6, 6.07) is 18.5. The van der Waals surface area contributed by atoms with Crippen LogP contribution in [0.4, 0.5) is 20.2 Å². The predicted octanol–water partition coefficient (Wildman–Crippen LogP) is 7.81. The molecule has 0 bridgehead atoms. The fourth-order valence-corrected chi connectivity index (χ4v) is 7.63. The number of carbonyl (C=O) groups excluding carboxylic acids is 1. The van der Waals surface area contributed by atoms with Gasteiger partial charge in [0.15, 0.2) is 0 Å². The van der Waals surface area contributed by atoms with Gasteiger partial charge in [0.25, 0.3) is 11.8 Å². The van der Waals surface area contributed by atoms with E-state index in [-0.39, 0.29) is 22.4 Å². The van der Waals surface area contributed by atoms with E-state index in [4.69, 9.17) is 9.73 Å². The molecule has 41 heavy (non-hydrogen) atoms. The molecule has 0 radical (unpaired) electrons. The number of thiol groups is 1. The number of ether oxygens (including phenoxy) is 1. The molecule has 9 heteroatoms. The first-order valence-corrected chi connectivity index (χ1v) is 15.5. The SMILES string of the molecule is C[SH]1C(C2CCC(COCc3ccccc3)CC2)=Nc2cc(C(=O)O)c(NC(=O)c3cccc(C(C)(F)F)c3)cc21. The minimum Gasteiger partial charge on any atom is -0.478 e. The summed E-state index contributed by atoms with van der Waals surface area (Å²) in [7, 11) is -0.795. The lowest BCUT2D eigenvalue weighted by Crippen LogP contribution is -2.23. The van der Waals surface area contributed by atoms with Crippen molar-refractivity contribution in [2.24, 2.45) is 16.8 Å². The van der Waals surface area contributed by atoms with Crippen molar-refractivity contribution in [3.63, 3.8) is 0 Å². The zero-order chi connectivity index (χ0) is 29.1. The number of benzene rings is 3. The summed E-state index contributed by atoms with van der Waals surface area (Å²) in [5, 5.41) is 13.6. The third kappa shape index (κ3) is 6.68. The van der Waals surface area contributed by atoms with Gasteiger partial charge in [0.05, 0.1) is 28.6 Å². The molecule has 2 N–H and O–H groups in total. The third-order valence-corrected chi connectivity index (χ3v) is 10.1. The van der Waals surface area contributed by atoms with Crippen LogP contribution in [0.2, 0.25) is 0 Å². The molecular formula is C32H34F2N2O4S. The number of hydrogen-bond donors (Lipinski definition) is 3. The monoisotopic (exact) mass is 580 g/mol. The van der Waals surface area contributed by atoms with Crippen molar-refractivity contribution < 1.29 is 28.2 Å². The summed E-state index contributed by atoms with van der Waals surface area (Å²) in [6.45, 7) is 2.11. The highest BCUT2D eigenvalue weighted by Gasteiger charge is 2.32. The first-order chi connectivity index (χ1) is 19.6. The summed E-state index contributed by atoms with van der Waals surface area (Å²) >= 11 is 0. The maximum atomic E-state index is 13.8. The van der Waals surface area contributed by atoms with E-state index in [0.29, 0.717) is 24.1 Å². The number of nitrogens with zero attached hydrogens (tertiary/aromatic N) is 1. The van der Waals surface area contributed by atoms with Crippen LogP contribution in [0.3, 0.4) is 0 Å². The Morgan fingerprint density at radius 1 is 1.05 bits per heavy atom. The van der Waals surface area contributed by atoms with E-state index < -0.39 is 28.7 Å². The lowest BCUT2D eigenvalue weighted by Gasteiger charge is -2.30. The highest BCUT2D eigenvalue weighted by molar-refractivity contribution is 8.30. The molecule has 1 unspecified atom stereocenters. The topological polar surface area (TPSA) is 88.0 Å². The van der Waals surface area contributed by atoms with Crippen LogP contribution in [0.15, 0.2) is 76.6 Å². The molecule has 216 valence electrons. The molecule has 6 nitrogen and oxygen atoms in total. The minimum atomic E-state index is -3.10. The Kier molecular flexibility index (Phi) is 8.56. The van der Waals surface area contributed by atoms with Crippen LogP contribution < -0.4 is 5.32 Å². The number of hydrogen-bond acceptors (Lipinski definition) is 4. The average Bonchev–Trinajstić information content (AvgIpc) is 3.28. The molecule has 5 rings (SSSR count). The van der Waals surface area contributed by atoms with Gasteiger partial charge < -0.3 is 15.2 Å². The van der Waals surface area contributed by atoms with Crippen LogP contribution in [-0.2, 0) is 17.3 Å². The zero-order valence-corrected chi connectivity index (χ0v) is 24.0. The largest absolute Gasteiger partial charge is 0.478 e. The standard InChI is InChI=1S/C32H34F2N2O4S/c1-32(33,34)24-10-6-9-23(15-24)29(37)35-26-17-28-27(16-25(26)31(38)39)36-30(41(28)2)22-13-11-21(12-14-22)19-40-18-20-7-4-3-5-8-20/h3-10,15-17,21-22,41H,11-14,18-19H2,1-2H3,(H,35,37)(H,38,39). The molecule has 1 atom stereocenters. The van der Waals surface area contributed by atoms with Gasteiger partial charge in [0.1, 0.15) is 0 Å². The van der Waals surface area contributed by atoms with Crippen LogP contribution in [0.5, 0.6) is 0 Å². The second-order valence-electron chi connectivity index (χ2n) is 10.9. The first kappa shape index (κ1) is 29.0. The van der Waals surface area contributed by atoms with Gasteiger partial charge in [-0.15, -0.1) is 0 Å². The smallest absolute Gasteiger partial charge is 0.337 e. The molecule has 3 aromatic rings. The van der Waals surface area contributed by atoms with Gasteiger partial charge >= 0.3 is 5.97 Å². The predicted molar refractivity (Wildman–Crippen MR) is 159 cm³/mol. The quantitative estimate of drug-likeness (QED) is 0.225. The molecule has 1 heterocycles. The van der Waals surface area contributed by atoms with E-state index in [1.165, 1.54) is 29.8 Å². The Morgan fingerprint density at radius 3 is 2.46 bits per heavy atom. The normalized spacial score (nSPS) is 21.2. The summed E-state index contributed by atoms with van der Waals surface area (Å²) in [4.78, 5) is 30.9. The minimum absolute atomic E-state index is 0.0288. The van der Waals surface area contributed by atoms with Crippen molar-refractivity contribution in [1.82, 2.24) is 0 Å². The molecule has 1 aliphatic carbocycles. The van der Waals surface area contributed by atoms with E-state index in [0.717, 1.165) is 55.2 Å². The lowest BCUT2D eigenvalue weighted by molar-refractivity contribution is 0.0174. The van der Waals surface area contributed by atoms with Crippen molar-refractivity contribution in [3.8, 4) is 0 Å². The third-order valence-electron chi connectivity index (χ3n) is 7.84. The van der Waals surface area contributed by atoms with Crippen LogP contribution >= 0.6 is 10.9 Å². The number of rotatable bonds is 9. The molecule has 1 amide bonds.